The van der Waals surface area contributed by atoms with Gasteiger partial charge in [-0.3, -0.25) is 0 Å². The van der Waals surface area contributed by atoms with E-state index < -0.39 is 6.04 Å². The van der Waals surface area contributed by atoms with Gasteiger partial charge in [0.15, 0.2) is 0 Å². The van der Waals surface area contributed by atoms with Crippen molar-refractivity contribution in [2.24, 2.45) is 5.92 Å². The molecule has 1 aromatic carbocycles. The molecule has 0 bridgehead atoms. The largest absolute Gasteiger partial charge is 0.459 e. The third-order valence-corrected chi connectivity index (χ3v) is 5.47. The topological polar surface area (TPSA) is 70.7 Å². The van der Waals surface area contributed by atoms with Crippen LogP contribution in [0.1, 0.15) is 51.1 Å². The molecule has 2 N–H and O–H groups in total. The standard InChI is InChI=1S/C21H29N3O3/c1-13-5-11-17(12-6-13)27-20(25)18-14(2)22-21(26)23-19(18)15-7-9-16(10-8-15)24(3)4/h7-10,13,17,19H,5-6,11-12H2,1-4H3,(H2,22,23,26)/t13?,17?,19-/m0/s1. The molecule has 146 valence electrons. The highest BCUT2D eigenvalue weighted by Gasteiger charge is 2.34. The molecule has 1 aliphatic heterocycles. The predicted molar refractivity (Wildman–Crippen MR) is 105 cm³/mol. The first-order valence-electron chi connectivity index (χ1n) is 9.61. The van der Waals surface area contributed by atoms with Crippen LogP contribution in [0, 0.1) is 5.92 Å². The quantitative estimate of drug-likeness (QED) is 0.795. The number of anilines is 1. The van der Waals surface area contributed by atoms with Crippen LogP contribution < -0.4 is 15.5 Å². The number of ether oxygens (including phenoxy) is 1. The van der Waals surface area contributed by atoms with Crippen LogP contribution in [0.25, 0.3) is 0 Å². The number of urea groups is 1. The predicted octanol–water partition coefficient (Wildman–Crippen LogP) is 3.50. The highest BCUT2D eigenvalue weighted by molar-refractivity contribution is 5.95. The molecule has 6 heteroatoms. The van der Waals surface area contributed by atoms with Crippen LogP contribution in [0.15, 0.2) is 35.5 Å². The number of benzene rings is 1. The van der Waals surface area contributed by atoms with Crippen LogP contribution >= 0.6 is 0 Å². The van der Waals surface area contributed by atoms with Crippen LogP contribution in [0.2, 0.25) is 0 Å². The summed E-state index contributed by atoms with van der Waals surface area (Å²) in [5.74, 6) is 0.348. The van der Waals surface area contributed by atoms with Crippen molar-refractivity contribution >= 4 is 17.7 Å². The monoisotopic (exact) mass is 371 g/mol. The fourth-order valence-electron chi connectivity index (χ4n) is 3.74. The lowest BCUT2D eigenvalue weighted by Crippen LogP contribution is -2.45. The summed E-state index contributed by atoms with van der Waals surface area (Å²) < 4.78 is 5.80. The Morgan fingerprint density at radius 2 is 1.74 bits per heavy atom. The zero-order chi connectivity index (χ0) is 19.6. The fraction of sp³-hybridized carbons (Fsp3) is 0.524. The number of esters is 1. The van der Waals surface area contributed by atoms with Gasteiger partial charge in [0.25, 0.3) is 0 Å². The zero-order valence-corrected chi connectivity index (χ0v) is 16.5. The molecule has 0 radical (unpaired) electrons. The van der Waals surface area contributed by atoms with Crippen molar-refractivity contribution in [1.82, 2.24) is 10.6 Å². The van der Waals surface area contributed by atoms with Gasteiger partial charge < -0.3 is 20.3 Å². The third-order valence-electron chi connectivity index (χ3n) is 5.47. The highest BCUT2D eigenvalue weighted by atomic mass is 16.5. The lowest BCUT2D eigenvalue weighted by atomic mass is 9.89. The normalized spacial score (nSPS) is 25.5. The average molecular weight is 371 g/mol. The first-order chi connectivity index (χ1) is 12.8. The maximum absolute atomic E-state index is 12.9. The van der Waals surface area contributed by atoms with Gasteiger partial charge in [0, 0.05) is 25.5 Å². The number of carbonyl (C=O) groups is 2. The van der Waals surface area contributed by atoms with Gasteiger partial charge in [0.2, 0.25) is 0 Å². The van der Waals surface area contributed by atoms with E-state index in [1.807, 2.05) is 43.3 Å². The Hall–Kier alpha value is -2.50. The van der Waals surface area contributed by atoms with Crippen molar-refractivity contribution in [3.8, 4) is 0 Å². The van der Waals surface area contributed by atoms with Crippen LogP contribution in [0.4, 0.5) is 10.5 Å². The molecule has 1 aliphatic carbocycles. The second-order valence-electron chi connectivity index (χ2n) is 7.84. The number of amides is 2. The second-order valence-corrected chi connectivity index (χ2v) is 7.84. The van der Waals surface area contributed by atoms with Crippen LogP contribution in [0.3, 0.4) is 0 Å². The molecule has 2 aliphatic rings. The van der Waals surface area contributed by atoms with Gasteiger partial charge in [-0.2, -0.15) is 0 Å². The lowest BCUT2D eigenvalue weighted by Gasteiger charge is -2.31. The van der Waals surface area contributed by atoms with E-state index in [2.05, 4.69) is 17.6 Å². The first kappa shape index (κ1) is 19.3. The minimum atomic E-state index is -0.509. The molecule has 1 atom stereocenters. The van der Waals surface area contributed by atoms with Gasteiger partial charge in [-0.05, 0) is 56.2 Å². The molecule has 0 aromatic heterocycles. The van der Waals surface area contributed by atoms with Crippen molar-refractivity contribution in [1.29, 1.82) is 0 Å². The summed E-state index contributed by atoms with van der Waals surface area (Å²) >= 11 is 0. The maximum atomic E-state index is 12.9. The average Bonchev–Trinajstić information content (AvgIpc) is 2.63. The van der Waals surface area contributed by atoms with E-state index in [1.54, 1.807) is 6.92 Å². The van der Waals surface area contributed by atoms with Crippen molar-refractivity contribution in [2.45, 2.75) is 51.7 Å². The van der Waals surface area contributed by atoms with E-state index in [0.717, 1.165) is 36.9 Å². The van der Waals surface area contributed by atoms with E-state index in [4.69, 9.17) is 4.74 Å². The van der Waals surface area contributed by atoms with Crippen molar-refractivity contribution in [2.75, 3.05) is 19.0 Å². The lowest BCUT2D eigenvalue weighted by molar-refractivity contribution is -0.146. The smallest absolute Gasteiger partial charge is 0.338 e. The molecular weight excluding hydrogens is 342 g/mol. The summed E-state index contributed by atoms with van der Waals surface area (Å²) in [6.07, 6.45) is 3.94. The Morgan fingerprint density at radius 3 is 2.33 bits per heavy atom. The molecule has 0 saturated heterocycles. The van der Waals surface area contributed by atoms with Crippen molar-refractivity contribution < 1.29 is 14.3 Å². The van der Waals surface area contributed by atoms with Gasteiger partial charge in [-0.25, -0.2) is 9.59 Å². The van der Waals surface area contributed by atoms with E-state index in [9.17, 15) is 9.59 Å². The molecule has 27 heavy (non-hydrogen) atoms. The molecule has 1 fully saturated rings. The molecule has 0 spiro atoms. The number of rotatable bonds is 4. The Labute approximate surface area is 161 Å². The Balaban J connectivity index is 1.82. The molecule has 2 amide bonds. The van der Waals surface area contributed by atoms with Crippen LogP contribution in [-0.4, -0.2) is 32.2 Å². The summed E-state index contributed by atoms with van der Waals surface area (Å²) in [7, 11) is 3.94. The van der Waals surface area contributed by atoms with E-state index in [1.165, 1.54) is 0 Å². The number of nitrogens with zero attached hydrogens (tertiary/aromatic N) is 1. The first-order valence-corrected chi connectivity index (χ1v) is 9.61. The molecule has 3 rings (SSSR count). The summed E-state index contributed by atoms with van der Waals surface area (Å²) in [6, 6.07) is 7.01. The van der Waals surface area contributed by atoms with E-state index >= 15 is 0 Å². The maximum Gasteiger partial charge on any atom is 0.338 e. The van der Waals surface area contributed by atoms with Crippen molar-refractivity contribution in [3.63, 3.8) is 0 Å². The van der Waals surface area contributed by atoms with Gasteiger partial charge in [-0.15, -0.1) is 0 Å². The molecule has 1 saturated carbocycles. The Kier molecular flexibility index (Phi) is 5.73. The molecule has 1 heterocycles. The Bertz CT molecular complexity index is 732. The summed E-state index contributed by atoms with van der Waals surface area (Å²) in [5.41, 5.74) is 2.94. The number of allylic oxidation sites excluding steroid dienone is 1. The highest BCUT2D eigenvalue weighted by Crippen LogP contribution is 2.31. The van der Waals surface area contributed by atoms with Gasteiger partial charge in [0.05, 0.1) is 11.6 Å². The number of carbonyl (C=O) groups excluding carboxylic acids is 2. The molecular formula is C21H29N3O3. The zero-order valence-electron chi connectivity index (χ0n) is 16.5. The summed E-state index contributed by atoms with van der Waals surface area (Å²) in [6.45, 7) is 3.98. The summed E-state index contributed by atoms with van der Waals surface area (Å²) in [4.78, 5) is 27.0. The van der Waals surface area contributed by atoms with Crippen LogP contribution in [0.5, 0.6) is 0 Å². The number of nitrogens with one attached hydrogen (secondary N) is 2. The third kappa shape index (κ3) is 4.43. The number of hydrogen-bond donors (Lipinski definition) is 2. The molecule has 6 nitrogen and oxygen atoms in total. The SMILES string of the molecule is CC1=C(C(=O)OC2CCC(C)CC2)[C@H](c2ccc(N(C)C)cc2)NC(=O)N1. The van der Waals surface area contributed by atoms with Gasteiger partial charge >= 0.3 is 12.0 Å². The van der Waals surface area contributed by atoms with E-state index in [-0.39, 0.29) is 18.1 Å². The summed E-state index contributed by atoms with van der Waals surface area (Å²) in [5, 5.41) is 5.57. The fourth-order valence-corrected chi connectivity index (χ4v) is 3.74. The van der Waals surface area contributed by atoms with Gasteiger partial charge in [-0.1, -0.05) is 19.1 Å². The molecule has 1 aromatic rings. The molecule has 0 unspecified atom stereocenters. The van der Waals surface area contributed by atoms with Crippen molar-refractivity contribution in [3.05, 3.63) is 41.1 Å². The van der Waals surface area contributed by atoms with Gasteiger partial charge in [0.1, 0.15) is 6.10 Å². The van der Waals surface area contributed by atoms with Crippen LogP contribution in [-0.2, 0) is 9.53 Å². The second kappa shape index (κ2) is 8.03. The minimum Gasteiger partial charge on any atom is -0.459 e. The van der Waals surface area contributed by atoms with E-state index in [0.29, 0.717) is 17.2 Å². The minimum absolute atomic E-state index is 0.0385. The number of hydrogen-bond acceptors (Lipinski definition) is 4. The Morgan fingerprint density at radius 1 is 1.11 bits per heavy atom.